The highest BCUT2D eigenvalue weighted by atomic mass is 16.2. The summed E-state index contributed by atoms with van der Waals surface area (Å²) in [7, 11) is 0. The fourth-order valence-corrected chi connectivity index (χ4v) is 3.34. The lowest BCUT2D eigenvalue weighted by Gasteiger charge is -2.15. The maximum atomic E-state index is 12.6. The molecule has 0 bridgehead atoms. The Bertz CT molecular complexity index is 994. The third kappa shape index (κ3) is 2.87. The standard InChI is InChI=1S/C21H18N2O2/c1-14(24)23-11-10-17-13-19(8-9-20(17)23)22-21(25)18-7-6-15-4-2-3-5-16(15)12-18/h2-9,12-13H,10-11H2,1H3,(H,22,25). The Hall–Kier alpha value is -3.14. The quantitative estimate of drug-likeness (QED) is 0.772. The van der Waals surface area contributed by atoms with Crippen molar-refractivity contribution in [3.8, 4) is 0 Å². The highest BCUT2D eigenvalue weighted by Gasteiger charge is 2.22. The summed E-state index contributed by atoms with van der Waals surface area (Å²) < 4.78 is 0. The third-order valence-electron chi connectivity index (χ3n) is 4.62. The topological polar surface area (TPSA) is 49.4 Å². The van der Waals surface area contributed by atoms with E-state index in [4.69, 9.17) is 0 Å². The summed E-state index contributed by atoms with van der Waals surface area (Å²) in [6, 6.07) is 19.4. The summed E-state index contributed by atoms with van der Waals surface area (Å²) in [5, 5.41) is 5.11. The molecule has 4 rings (SSSR count). The smallest absolute Gasteiger partial charge is 0.255 e. The third-order valence-corrected chi connectivity index (χ3v) is 4.62. The Balaban J connectivity index is 1.57. The average molecular weight is 330 g/mol. The summed E-state index contributed by atoms with van der Waals surface area (Å²) >= 11 is 0. The number of anilines is 2. The van der Waals surface area contributed by atoms with E-state index in [0.717, 1.165) is 34.1 Å². The molecule has 4 nitrogen and oxygen atoms in total. The molecule has 3 aromatic carbocycles. The van der Waals surface area contributed by atoms with Gasteiger partial charge in [-0.05, 0) is 53.1 Å². The highest BCUT2D eigenvalue weighted by Crippen LogP contribution is 2.30. The zero-order valence-electron chi connectivity index (χ0n) is 14.0. The summed E-state index contributed by atoms with van der Waals surface area (Å²) in [4.78, 5) is 25.9. The van der Waals surface area contributed by atoms with Gasteiger partial charge in [0.25, 0.3) is 5.91 Å². The summed E-state index contributed by atoms with van der Waals surface area (Å²) in [5.74, 6) is -0.0844. The largest absolute Gasteiger partial charge is 0.322 e. The van der Waals surface area contributed by atoms with Crippen molar-refractivity contribution in [1.82, 2.24) is 0 Å². The van der Waals surface area contributed by atoms with Gasteiger partial charge in [0.15, 0.2) is 0 Å². The molecule has 0 aliphatic carbocycles. The van der Waals surface area contributed by atoms with E-state index in [0.29, 0.717) is 12.1 Å². The van der Waals surface area contributed by atoms with E-state index in [-0.39, 0.29) is 11.8 Å². The number of nitrogens with one attached hydrogen (secondary N) is 1. The van der Waals surface area contributed by atoms with Crippen molar-refractivity contribution in [2.45, 2.75) is 13.3 Å². The van der Waals surface area contributed by atoms with Crippen LogP contribution < -0.4 is 10.2 Å². The molecule has 0 radical (unpaired) electrons. The number of hydrogen-bond donors (Lipinski definition) is 1. The Kier molecular flexibility index (Phi) is 3.73. The Labute approximate surface area is 146 Å². The molecule has 2 amide bonds. The van der Waals surface area contributed by atoms with Crippen LogP contribution in [0.3, 0.4) is 0 Å². The van der Waals surface area contributed by atoms with Crippen molar-refractivity contribution >= 4 is 34.0 Å². The minimum atomic E-state index is -0.132. The lowest BCUT2D eigenvalue weighted by atomic mass is 10.1. The van der Waals surface area contributed by atoms with Crippen LogP contribution in [0.25, 0.3) is 10.8 Å². The Morgan fingerprint density at radius 2 is 1.76 bits per heavy atom. The molecule has 1 aliphatic rings. The Morgan fingerprint density at radius 1 is 0.960 bits per heavy atom. The van der Waals surface area contributed by atoms with Crippen LogP contribution in [0.15, 0.2) is 60.7 Å². The fraction of sp³-hybridized carbons (Fsp3) is 0.143. The maximum absolute atomic E-state index is 12.6. The molecule has 1 N–H and O–H groups in total. The molecule has 0 aromatic heterocycles. The summed E-state index contributed by atoms with van der Waals surface area (Å²) in [5.41, 5.74) is 3.41. The zero-order chi connectivity index (χ0) is 17.4. The van der Waals surface area contributed by atoms with Gasteiger partial charge in [-0.2, -0.15) is 0 Å². The van der Waals surface area contributed by atoms with Crippen LogP contribution in [0.4, 0.5) is 11.4 Å². The first kappa shape index (κ1) is 15.4. The number of amides is 2. The van der Waals surface area contributed by atoms with E-state index in [1.54, 1.807) is 11.8 Å². The van der Waals surface area contributed by atoms with Gasteiger partial charge >= 0.3 is 0 Å². The molecular formula is C21H18N2O2. The van der Waals surface area contributed by atoms with E-state index >= 15 is 0 Å². The van der Waals surface area contributed by atoms with Gasteiger partial charge in [0.05, 0.1) is 0 Å². The van der Waals surface area contributed by atoms with Gasteiger partial charge < -0.3 is 10.2 Å². The summed E-state index contributed by atoms with van der Waals surface area (Å²) in [6.45, 7) is 2.28. The van der Waals surface area contributed by atoms with Crippen molar-refractivity contribution in [3.63, 3.8) is 0 Å². The van der Waals surface area contributed by atoms with E-state index in [1.807, 2.05) is 60.7 Å². The molecule has 0 saturated carbocycles. The first-order valence-electron chi connectivity index (χ1n) is 8.33. The van der Waals surface area contributed by atoms with Crippen molar-refractivity contribution < 1.29 is 9.59 Å². The number of carbonyl (C=O) groups excluding carboxylic acids is 2. The van der Waals surface area contributed by atoms with E-state index in [9.17, 15) is 9.59 Å². The molecule has 0 spiro atoms. The molecule has 3 aromatic rings. The molecule has 0 unspecified atom stereocenters. The van der Waals surface area contributed by atoms with Crippen LogP contribution in [0.5, 0.6) is 0 Å². The normalized spacial score (nSPS) is 12.9. The van der Waals surface area contributed by atoms with E-state index < -0.39 is 0 Å². The second kappa shape index (κ2) is 6.06. The molecule has 0 fully saturated rings. The second-order valence-corrected chi connectivity index (χ2v) is 6.28. The van der Waals surface area contributed by atoms with Gasteiger partial charge in [-0.3, -0.25) is 9.59 Å². The van der Waals surface area contributed by atoms with E-state index in [2.05, 4.69) is 5.32 Å². The minimum absolute atomic E-state index is 0.0479. The number of rotatable bonds is 2. The van der Waals surface area contributed by atoms with Gasteiger partial charge in [0.1, 0.15) is 0 Å². The van der Waals surface area contributed by atoms with Crippen LogP contribution >= 0.6 is 0 Å². The first-order valence-corrected chi connectivity index (χ1v) is 8.33. The van der Waals surface area contributed by atoms with Crippen LogP contribution in [0.2, 0.25) is 0 Å². The predicted molar refractivity (Wildman–Crippen MR) is 100 cm³/mol. The molecule has 25 heavy (non-hydrogen) atoms. The summed E-state index contributed by atoms with van der Waals surface area (Å²) in [6.07, 6.45) is 0.814. The van der Waals surface area contributed by atoms with Crippen LogP contribution in [-0.4, -0.2) is 18.4 Å². The van der Waals surface area contributed by atoms with Crippen LogP contribution in [0.1, 0.15) is 22.8 Å². The van der Waals surface area contributed by atoms with Crippen molar-refractivity contribution in [2.75, 3.05) is 16.8 Å². The average Bonchev–Trinajstić information content (AvgIpc) is 3.04. The number of carbonyl (C=O) groups is 2. The maximum Gasteiger partial charge on any atom is 0.255 e. The Morgan fingerprint density at radius 3 is 2.56 bits per heavy atom. The zero-order valence-corrected chi connectivity index (χ0v) is 14.0. The fourth-order valence-electron chi connectivity index (χ4n) is 3.34. The number of hydrogen-bond acceptors (Lipinski definition) is 2. The molecule has 124 valence electrons. The van der Waals surface area contributed by atoms with E-state index in [1.165, 1.54) is 0 Å². The molecule has 1 heterocycles. The molecule has 1 aliphatic heterocycles. The van der Waals surface area contributed by atoms with Gasteiger partial charge in [0.2, 0.25) is 5.91 Å². The van der Waals surface area contributed by atoms with Crippen molar-refractivity contribution in [2.24, 2.45) is 0 Å². The molecular weight excluding hydrogens is 312 g/mol. The highest BCUT2D eigenvalue weighted by molar-refractivity contribution is 6.06. The van der Waals surface area contributed by atoms with Gasteiger partial charge in [-0.15, -0.1) is 0 Å². The molecule has 4 heteroatoms. The lowest BCUT2D eigenvalue weighted by molar-refractivity contribution is -0.116. The van der Waals surface area contributed by atoms with Crippen molar-refractivity contribution in [3.05, 3.63) is 71.8 Å². The SMILES string of the molecule is CC(=O)N1CCc2cc(NC(=O)c3ccc4ccccc4c3)ccc21. The first-order chi connectivity index (χ1) is 12.1. The number of benzene rings is 3. The van der Waals surface area contributed by atoms with Crippen molar-refractivity contribution in [1.29, 1.82) is 0 Å². The number of fused-ring (bicyclic) bond motifs is 2. The minimum Gasteiger partial charge on any atom is -0.322 e. The molecule has 0 atom stereocenters. The van der Waals surface area contributed by atoms with Gasteiger partial charge in [-0.1, -0.05) is 30.3 Å². The number of nitrogens with zero attached hydrogens (tertiary/aromatic N) is 1. The molecule has 0 saturated heterocycles. The lowest BCUT2D eigenvalue weighted by Crippen LogP contribution is -2.25. The predicted octanol–water partition coefficient (Wildman–Crippen LogP) is 4.00. The van der Waals surface area contributed by atoms with Crippen LogP contribution in [0, 0.1) is 0 Å². The van der Waals surface area contributed by atoms with Gasteiger partial charge in [-0.25, -0.2) is 0 Å². The monoisotopic (exact) mass is 330 g/mol. The van der Waals surface area contributed by atoms with Gasteiger partial charge in [0, 0.05) is 30.4 Å². The van der Waals surface area contributed by atoms with Crippen LogP contribution in [-0.2, 0) is 11.2 Å². The second-order valence-electron chi connectivity index (χ2n) is 6.28.